The minimum Gasteiger partial charge on any atom is -0.489 e. The smallest absolute Gasteiger partial charge is 0.296 e. The molecule has 7 rings (SSSR count). The van der Waals surface area contributed by atoms with Crippen LogP contribution in [0.2, 0.25) is 0 Å². The highest BCUT2D eigenvalue weighted by molar-refractivity contribution is 8.27. The first-order chi connectivity index (χ1) is 23.3. The van der Waals surface area contributed by atoms with Gasteiger partial charge in [-0.2, -0.15) is 5.10 Å². The maximum atomic E-state index is 14.1. The molecule has 1 amide bonds. The molecule has 0 bridgehead atoms. The lowest BCUT2D eigenvalue weighted by Gasteiger charge is -2.12. The van der Waals surface area contributed by atoms with E-state index in [-0.39, 0.29) is 33.9 Å². The van der Waals surface area contributed by atoms with Crippen LogP contribution in [-0.2, 0) is 18.4 Å². The Labute approximate surface area is 285 Å². The van der Waals surface area contributed by atoms with E-state index in [0.29, 0.717) is 38.9 Å². The van der Waals surface area contributed by atoms with Gasteiger partial charge in [-0.3, -0.25) is 19.2 Å². The second kappa shape index (κ2) is 12.9. The highest BCUT2D eigenvalue weighted by atomic mass is 32.2. The highest BCUT2D eigenvalue weighted by Crippen LogP contribution is 2.38. The molecular formula is C37H28FN5O3S2. The summed E-state index contributed by atoms with van der Waals surface area (Å²) >= 11 is 6.82. The molecule has 0 unspecified atom stereocenters. The molecule has 238 valence electrons. The maximum Gasteiger partial charge on any atom is 0.296 e. The maximum absolute atomic E-state index is 14.1. The lowest BCUT2D eigenvalue weighted by atomic mass is 10.1. The first-order valence-corrected chi connectivity index (χ1v) is 16.3. The Bertz CT molecular complexity index is 2260. The molecule has 0 aliphatic carbocycles. The van der Waals surface area contributed by atoms with Crippen LogP contribution in [0.15, 0.2) is 125 Å². The van der Waals surface area contributed by atoms with Gasteiger partial charge in [0.2, 0.25) is 0 Å². The van der Waals surface area contributed by atoms with Crippen LogP contribution in [0, 0.1) is 12.7 Å². The number of nitrogens with zero attached hydrogens (tertiary/aromatic N) is 5. The van der Waals surface area contributed by atoms with Crippen molar-refractivity contribution in [3.8, 4) is 28.4 Å². The van der Waals surface area contributed by atoms with Crippen molar-refractivity contribution in [3.63, 3.8) is 0 Å². The van der Waals surface area contributed by atoms with Gasteiger partial charge in [0.15, 0.2) is 4.32 Å². The van der Waals surface area contributed by atoms with Gasteiger partial charge in [0.1, 0.15) is 23.9 Å². The van der Waals surface area contributed by atoms with Crippen LogP contribution >= 0.6 is 24.0 Å². The van der Waals surface area contributed by atoms with E-state index >= 15 is 0 Å². The largest absolute Gasteiger partial charge is 0.489 e. The molecule has 11 heteroatoms. The number of amides is 1. The van der Waals surface area contributed by atoms with Crippen molar-refractivity contribution in [1.82, 2.24) is 19.1 Å². The van der Waals surface area contributed by atoms with E-state index in [2.05, 4.69) is 0 Å². The molecule has 1 saturated heterocycles. The zero-order valence-corrected chi connectivity index (χ0v) is 27.5. The normalized spacial score (nSPS) is 13.9. The number of carbonyl (C=O) groups is 1. The number of hydrogen-bond acceptors (Lipinski definition) is 6. The number of halogens is 1. The number of thioether (sulfide) groups is 1. The molecule has 8 nitrogen and oxygen atoms in total. The van der Waals surface area contributed by atoms with Crippen molar-refractivity contribution in [3.05, 3.63) is 153 Å². The van der Waals surface area contributed by atoms with Crippen molar-refractivity contribution >= 4 is 46.0 Å². The van der Waals surface area contributed by atoms with Crippen LogP contribution in [0.3, 0.4) is 0 Å². The second-order valence-corrected chi connectivity index (χ2v) is 12.7. The van der Waals surface area contributed by atoms with E-state index in [4.69, 9.17) is 22.1 Å². The van der Waals surface area contributed by atoms with Crippen LogP contribution in [0.1, 0.15) is 16.8 Å². The Morgan fingerprint density at radius 1 is 0.875 bits per heavy atom. The fraction of sp³-hybridized carbons (Fsp3) is 0.0811. The van der Waals surface area contributed by atoms with Gasteiger partial charge in [-0.25, -0.2) is 13.8 Å². The van der Waals surface area contributed by atoms with E-state index in [1.807, 2.05) is 79.0 Å². The molecule has 2 aromatic heterocycles. The molecule has 0 atom stereocenters. The standard InChI is InChI=1S/C37H28FN5O3S2/c1-24-34(36(45)43(40(24)2)29-14-7-4-8-15-29)42-35(44)32(48-37(42)47)21-27-22-41(28-12-5-3-6-13-28)39-33(27)25-17-19-30(20-18-25)46-23-26-11-9-10-16-31(26)38/h3-22H,23H2,1-2H3/b32-21+. The van der Waals surface area contributed by atoms with Gasteiger partial charge in [0.25, 0.3) is 11.5 Å². The minimum atomic E-state index is -0.383. The molecule has 0 saturated carbocycles. The minimum absolute atomic E-state index is 0.0963. The number of rotatable bonds is 8. The molecule has 6 aromatic rings. The predicted molar refractivity (Wildman–Crippen MR) is 191 cm³/mol. The lowest BCUT2D eigenvalue weighted by molar-refractivity contribution is -0.113. The summed E-state index contributed by atoms with van der Waals surface area (Å²) in [6.07, 6.45) is 3.62. The number of carbonyl (C=O) groups excluding carboxylic acids is 1. The molecular weight excluding hydrogens is 646 g/mol. The van der Waals surface area contributed by atoms with E-state index in [1.54, 1.807) is 59.7 Å². The molecule has 1 aliphatic heterocycles. The van der Waals surface area contributed by atoms with Crippen molar-refractivity contribution in [2.24, 2.45) is 7.05 Å². The fourth-order valence-corrected chi connectivity index (χ4v) is 6.79. The van der Waals surface area contributed by atoms with Gasteiger partial charge >= 0.3 is 0 Å². The number of anilines is 1. The zero-order valence-electron chi connectivity index (χ0n) is 25.9. The number of benzene rings is 4. The van der Waals surface area contributed by atoms with Gasteiger partial charge in [-0.05, 0) is 67.6 Å². The molecule has 48 heavy (non-hydrogen) atoms. The number of ether oxygens (including phenoxy) is 1. The van der Waals surface area contributed by atoms with E-state index in [9.17, 15) is 14.0 Å². The molecule has 0 spiro atoms. The van der Waals surface area contributed by atoms with Crippen molar-refractivity contribution in [2.75, 3.05) is 4.90 Å². The van der Waals surface area contributed by atoms with Gasteiger partial charge in [0, 0.05) is 29.9 Å². The third-order valence-corrected chi connectivity index (χ3v) is 9.37. The monoisotopic (exact) mass is 673 g/mol. The van der Waals surface area contributed by atoms with E-state index < -0.39 is 0 Å². The van der Waals surface area contributed by atoms with Crippen LogP contribution in [0.4, 0.5) is 10.1 Å². The van der Waals surface area contributed by atoms with Crippen LogP contribution in [0.25, 0.3) is 28.7 Å². The first kappa shape index (κ1) is 31.1. The summed E-state index contributed by atoms with van der Waals surface area (Å²) in [6, 6.07) is 32.8. The predicted octanol–water partition coefficient (Wildman–Crippen LogP) is 7.46. The zero-order chi connectivity index (χ0) is 33.4. The summed E-state index contributed by atoms with van der Waals surface area (Å²) in [5.41, 5.74) is 4.59. The van der Waals surface area contributed by atoms with Crippen molar-refractivity contribution in [1.29, 1.82) is 0 Å². The van der Waals surface area contributed by atoms with E-state index in [0.717, 1.165) is 23.0 Å². The summed E-state index contributed by atoms with van der Waals surface area (Å²) in [5.74, 6) is -0.127. The van der Waals surface area contributed by atoms with Crippen LogP contribution in [-0.4, -0.2) is 29.4 Å². The summed E-state index contributed by atoms with van der Waals surface area (Å²) in [4.78, 5) is 29.4. The third-order valence-electron chi connectivity index (χ3n) is 8.07. The highest BCUT2D eigenvalue weighted by Gasteiger charge is 2.38. The number of thiocarbonyl (C=S) groups is 1. The third kappa shape index (κ3) is 5.78. The molecule has 1 fully saturated rings. The molecule has 0 radical (unpaired) electrons. The van der Waals surface area contributed by atoms with Gasteiger partial charge in [0.05, 0.1) is 27.7 Å². The topological polar surface area (TPSA) is 74.3 Å². The number of aromatic nitrogens is 4. The van der Waals surface area contributed by atoms with Crippen LogP contribution in [0.5, 0.6) is 5.75 Å². The Hall–Kier alpha value is -5.52. The Kier molecular flexibility index (Phi) is 8.38. The van der Waals surface area contributed by atoms with Gasteiger partial charge < -0.3 is 4.74 Å². The lowest BCUT2D eigenvalue weighted by Crippen LogP contribution is -2.33. The van der Waals surface area contributed by atoms with Crippen molar-refractivity contribution < 1.29 is 13.9 Å². The SMILES string of the molecule is Cc1c(N2C(=O)/C(=C\c3cn(-c4ccccc4)nc3-c3ccc(OCc4ccccc4F)cc3)SC2=S)c(=O)n(-c2ccccc2)n1C. The molecule has 1 aliphatic rings. The number of para-hydroxylation sites is 2. The molecule has 3 heterocycles. The Balaban J connectivity index is 1.23. The van der Waals surface area contributed by atoms with Crippen molar-refractivity contribution in [2.45, 2.75) is 13.5 Å². The fourth-order valence-electron chi connectivity index (χ4n) is 5.53. The summed E-state index contributed by atoms with van der Waals surface area (Å²) < 4.78 is 25.2. The summed E-state index contributed by atoms with van der Waals surface area (Å²) in [6.45, 7) is 1.89. The summed E-state index contributed by atoms with van der Waals surface area (Å²) in [5, 5.41) is 4.88. The van der Waals surface area contributed by atoms with E-state index in [1.165, 1.54) is 15.6 Å². The average Bonchev–Trinajstić information content (AvgIpc) is 3.72. The Morgan fingerprint density at radius 2 is 1.52 bits per heavy atom. The molecule has 0 N–H and O–H groups in total. The average molecular weight is 674 g/mol. The number of hydrogen-bond donors (Lipinski definition) is 0. The summed E-state index contributed by atoms with van der Waals surface area (Å²) in [7, 11) is 1.78. The van der Waals surface area contributed by atoms with Gasteiger partial charge in [-0.15, -0.1) is 0 Å². The quantitative estimate of drug-likeness (QED) is 0.123. The second-order valence-electron chi connectivity index (χ2n) is 11.0. The van der Waals surface area contributed by atoms with Crippen LogP contribution < -0.4 is 15.2 Å². The molecule has 4 aromatic carbocycles. The Morgan fingerprint density at radius 3 is 2.21 bits per heavy atom. The first-order valence-electron chi connectivity index (χ1n) is 15.0. The van der Waals surface area contributed by atoms with Gasteiger partial charge in [-0.1, -0.05) is 78.6 Å².